The van der Waals surface area contributed by atoms with E-state index in [1.807, 2.05) is 37.3 Å². The second-order valence-corrected chi connectivity index (χ2v) is 5.96. The molecule has 0 spiro atoms. The quantitative estimate of drug-likeness (QED) is 0.704. The summed E-state index contributed by atoms with van der Waals surface area (Å²) in [5.41, 5.74) is 2.80. The van der Waals surface area contributed by atoms with E-state index in [1.165, 1.54) is 6.07 Å². The minimum atomic E-state index is -0.701. The van der Waals surface area contributed by atoms with Crippen LogP contribution in [0.5, 0.6) is 5.75 Å². The fourth-order valence-corrected chi connectivity index (χ4v) is 2.93. The first-order valence-corrected chi connectivity index (χ1v) is 7.87. The Hall–Kier alpha value is -2.77. The summed E-state index contributed by atoms with van der Waals surface area (Å²) < 4.78 is 5.73. The summed E-state index contributed by atoms with van der Waals surface area (Å²) in [5, 5.41) is 10.1. The lowest BCUT2D eigenvalue weighted by molar-refractivity contribution is 0.0819. The Bertz CT molecular complexity index is 969. The highest BCUT2D eigenvalue weighted by Gasteiger charge is 2.23. The molecule has 0 unspecified atom stereocenters. The van der Waals surface area contributed by atoms with Crippen molar-refractivity contribution in [1.82, 2.24) is 4.98 Å². The predicted octanol–water partition coefficient (Wildman–Crippen LogP) is 4.65. The molecule has 1 aromatic heterocycles. The Kier molecular flexibility index (Phi) is 4.28. The highest BCUT2D eigenvalue weighted by atomic mass is 35.5. The van der Waals surface area contributed by atoms with Gasteiger partial charge in [-0.3, -0.25) is 4.79 Å². The molecular formula is C19H15ClN2O2. The zero-order chi connectivity index (χ0) is 17.3. The van der Waals surface area contributed by atoms with E-state index >= 15 is 0 Å². The van der Waals surface area contributed by atoms with E-state index < -0.39 is 6.10 Å². The van der Waals surface area contributed by atoms with Crippen LogP contribution in [0.3, 0.4) is 0 Å². The standard InChI is InChI=1S/C19H15ClN2O2/c1-11-18(14-5-3-4-6-16(14)22-11)19(23)12(2)24-17-8-7-13(10-21)9-15(17)20/h3-9,12,22H,1-2H3/t12-/m1/s1. The third-order valence-corrected chi connectivity index (χ3v) is 4.17. The van der Waals surface area contributed by atoms with Crippen LogP contribution in [0.25, 0.3) is 10.9 Å². The number of H-pyrrole nitrogens is 1. The van der Waals surface area contributed by atoms with Crippen LogP contribution in [0, 0.1) is 18.3 Å². The molecule has 120 valence electrons. The third kappa shape index (κ3) is 2.86. The number of nitriles is 1. The average molecular weight is 339 g/mol. The molecule has 3 rings (SSSR count). The molecule has 0 radical (unpaired) electrons. The highest BCUT2D eigenvalue weighted by Crippen LogP contribution is 2.28. The van der Waals surface area contributed by atoms with Gasteiger partial charge in [-0.1, -0.05) is 29.8 Å². The predicted molar refractivity (Wildman–Crippen MR) is 93.6 cm³/mol. The molecule has 0 aliphatic carbocycles. The number of rotatable bonds is 4. The second kappa shape index (κ2) is 6.38. The molecule has 0 saturated heterocycles. The number of ether oxygens (including phenoxy) is 1. The van der Waals surface area contributed by atoms with Gasteiger partial charge < -0.3 is 9.72 Å². The number of aromatic amines is 1. The second-order valence-electron chi connectivity index (χ2n) is 5.55. The Morgan fingerprint density at radius 1 is 1.29 bits per heavy atom. The molecule has 3 aromatic rings. The fraction of sp³-hybridized carbons (Fsp3) is 0.158. The Morgan fingerprint density at radius 3 is 2.75 bits per heavy atom. The number of nitrogens with one attached hydrogen (secondary N) is 1. The minimum absolute atomic E-state index is 0.120. The summed E-state index contributed by atoms with van der Waals surface area (Å²) in [4.78, 5) is 16.1. The molecule has 0 aliphatic heterocycles. The first-order chi connectivity index (χ1) is 11.5. The molecule has 1 N–H and O–H groups in total. The lowest BCUT2D eigenvalue weighted by Crippen LogP contribution is -2.24. The Morgan fingerprint density at radius 2 is 2.04 bits per heavy atom. The number of nitrogens with zero attached hydrogens (tertiary/aromatic N) is 1. The molecule has 1 atom stereocenters. The van der Waals surface area contributed by atoms with Gasteiger partial charge in [-0.2, -0.15) is 5.26 Å². The van der Waals surface area contributed by atoms with E-state index in [0.29, 0.717) is 21.9 Å². The molecule has 2 aromatic carbocycles. The number of aromatic nitrogens is 1. The number of carbonyl (C=O) groups excluding carboxylic acids is 1. The molecule has 0 bridgehead atoms. The van der Waals surface area contributed by atoms with Gasteiger partial charge in [0, 0.05) is 22.2 Å². The number of hydrogen-bond acceptors (Lipinski definition) is 3. The van der Waals surface area contributed by atoms with E-state index in [1.54, 1.807) is 19.1 Å². The number of halogens is 1. The first-order valence-electron chi connectivity index (χ1n) is 7.49. The SMILES string of the molecule is Cc1[nH]c2ccccc2c1C(=O)[C@@H](C)Oc1ccc(C#N)cc1Cl. The van der Waals surface area contributed by atoms with E-state index in [0.717, 1.165) is 16.6 Å². The zero-order valence-corrected chi connectivity index (χ0v) is 14.0. The van der Waals surface area contributed by atoms with Crippen molar-refractivity contribution in [2.45, 2.75) is 20.0 Å². The minimum Gasteiger partial charge on any atom is -0.481 e. The third-order valence-electron chi connectivity index (χ3n) is 3.87. The van der Waals surface area contributed by atoms with Crippen LogP contribution >= 0.6 is 11.6 Å². The van der Waals surface area contributed by atoms with Crippen LogP contribution in [-0.2, 0) is 0 Å². The summed E-state index contributed by atoms with van der Waals surface area (Å²) in [7, 11) is 0. The molecule has 1 heterocycles. The van der Waals surface area contributed by atoms with Gasteiger partial charge in [0.1, 0.15) is 5.75 Å². The summed E-state index contributed by atoms with van der Waals surface area (Å²) >= 11 is 6.11. The van der Waals surface area contributed by atoms with Crippen molar-refractivity contribution in [1.29, 1.82) is 5.26 Å². The van der Waals surface area contributed by atoms with Crippen LogP contribution < -0.4 is 4.74 Å². The number of hydrogen-bond donors (Lipinski definition) is 1. The molecule has 24 heavy (non-hydrogen) atoms. The number of ketones is 1. The number of Topliss-reactive ketones (excluding diaryl/α,β-unsaturated/α-hetero) is 1. The molecular weight excluding hydrogens is 324 g/mol. The van der Waals surface area contributed by atoms with Gasteiger partial charge in [0.15, 0.2) is 6.10 Å². The summed E-state index contributed by atoms with van der Waals surface area (Å²) in [6.07, 6.45) is -0.701. The van der Waals surface area contributed by atoms with Gasteiger partial charge >= 0.3 is 0 Å². The van der Waals surface area contributed by atoms with Gasteiger partial charge in [-0.15, -0.1) is 0 Å². The average Bonchev–Trinajstić information content (AvgIpc) is 2.91. The van der Waals surface area contributed by atoms with Crippen molar-refractivity contribution in [3.8, 4) is 11.8 Å². The van der Waals surface area contributed by atoms with Crippen molar-refractivity contribution < 1.29 is 9.53 Å². The van der Waals surface area contributed by atoms with Crippen molar-refractivity contribution in [2.75, 3.05) is 0 Å². The number of benzene rings is 2. The smallest absolute Gasteiger partial charge is 0.205 e. The maximum atomic E-state index is 12.8. The van der Waals surface area contributed by atoms with Gasteiger partial charge in [0.2, 0.25) is 5.78 Å². The molecule has 0 amide bonds. The van der Waals surface area contributed by atoms with Gasteiger partial charge in [-0.25, -0.2) is 0 Å². The topological polar surface area (TPSA) is 65.9 Å². The zero-order valence-electron chi connectivity index (χ0n) is 13.3. The number of fused-ring (bicyclic) bond motifs is 1. The van der Waals surface area contributed by atoms with Crippen molar-refractivity contribution in [3.63, 3.8) is 0 Å². The van der Waals surface area contributed by atoms with E-state index in [9.17, 15) is 4.79 Å². The molecule has 4 nitrogen and oxygen atoms in total. The highest BCUT2D eigenvalue weighted by molar-refractivity contribution is 6.32. The van der Waals surface area contributed by atoms with E-state index in [-0.39, 0.29) is 5.78 Å². The Balaban J connectivity index is 1.90. The Labute approximate surface area is 144 Å². The van der Waals surface area contributed by atoms with Gasteiger partial charge in [0.05, 0.1) is 16.7 Å². The van der Waals surface area contributed by atoms with E-state index in [4.69, 9.17) is 21.6 Å². The van der Waals surface area contributed by atoms with Crippen LogP contribution in [0.1, 0.15) is 28.5 Å². The van der Waals surface area contributed by atoms with Gasteiger partial charge in [-0.05, 0) is 38.1 Å². The summed E-state index contributed by atoms with van der Waals surface area (Å²) in [6, 6.07) is 14.4. The molecule has 5 heteroatoms. The number of carbonyl (C=O) groups is 1. The normalized spacial score (nSPS) is 11.9. The maximum Gasteiger partial charge on any atom is 0.205 e. The van der Waals surface area contributed by atoms with Crippen LogP contribution in [0.2, 0.25) is 5.02 Å². The lowest BCUT2D eigenvalue weighted by Gasteiger charge is -2.15. The van der Waals surface area contributed by atoms with Crippen molar-refractivity contribution in [3.05, 3.63) is 64.3 Å². The largest absolute Gasteiger partial charge is 0.481 e. The first kappa shape index (κ1) is 16.1. The van der Waals surface area contributed by atoms with Gasteiger partial charge in [0.25, 0.3) is 0 Å². The molecule has 0 saturated carbocycles. The van der Waals surface area contributed by atoms with Crippen LogP contribution in [0.15, 0.2) is 42.5 Å². The summed E-state index contributed by atoms with van der Waals surface area (Å²) in [5.74, 6) is 0.263. The van der Waals surface area contributed by atoms with Crippen LogP contribution in [0.4, 0.5) is 0 Å². The summed E-state index contributed by atoms with van der Waals surface area (Å²) in [6.45, 7) is 3.56. The van der Waals surface area contributed by atoms with E-state index in [2.05, 4.69) is 4.98 Å². The lowest BCUT2D eigenvalue weighted by atomic mass is 10.0. The van der Waals surface area contributed by atoms with Crippen molar-refractivity contribution >= 4 is 28.3 Å². The molecule has 0 fully saturated rings. The van der Waals surface area contributed by atoms with Crippen molar-refractivity contribution in [2.24, 2.45) is 0 Å². The maximum absolute atomic E-state index is 12.8. The monoisotopic (exact) mass is 338 g/mol. The molecule has 0 aliphatic rings. The number of aryl methyl sites for hydroxylation is 1. The van der Waals surface area contributed by atoms with Crippen LogP contribution in [-0.4, -0.2) is 16.9 Å². The number of para-hydroxylation sites is 1. The fourth-order valence-electron chi connectivity index (χ4n) is 2.71.